The number of anilines is 1. The molecule has 1 rings (SSSR count). The highest BCUT2D eigenvalue weighted by atomic mass is 16.1. The molecule has 0 saturated heterocycles. The molecule has 0 aliphatic heterocycles. The predicted octanol–water partition coefficient (Wildman–Crippen LogP) is 4.48. The van der Waals surface area contributed by atoms with Crippen molar-refractivity contribution >= 4 is 5.82 Å². The zero-order valence-electron chi connectivity index (χ0n) is 15.0. The van der Waals surface area contributed by atoms with Crippen molar-refractivity contribution in [1.82, 2.24) is 14.8 Å². The topological polar surface area (TPSA) is 73.8 Å². The molecule has 0 saturated carbocycles. The number of aromatic nitrogens is 3. The van der Waals surface area contributed by atoms with E-state index in [1.54, 1.807) is 4.68 Å². The van der Waals surface area contributed by atoms with E-state index < -0.39 is 0 Å². The van der Waals surface area contributed by atoms with E-state index in [4.69, 9.17) is 5.73 Å². The molecular formula is C18H34N4O. The quantitative estimate of drug-likeness (QED) is 0.543. The summed E-state index contributed by atoms with van der Waals surface area (Å²) < 4.78 is 1.55. The highest BCUT2D eigenvalue weighted by Gasteiger charge is 2.14. The maximum atomic E-state index is 12.1. The molecule has 0 aromatic carbocycles. The second-order valence-corrected chi connectivity index (χ2v) is 6.47. The Balaban J connectivity index is 2.54. The van der Waals surface area contributed by atoms with Gasteiger partial charge in [-0.15, -0.1) is 0 Å². The second-order valence-electron chi connectivity index (χ2n) is 6.47. The molecule has 23 heavy (non-hydrogen) atoms. The normalized spacial score (nSPS) is 11.3. The standard InChI is InChI=1S/C18H34N4O/c1-3-5-7-9-11-13-16(14-12-10-8-6-4-2)22-18(23)21-17(19)15-20-22/h15-16H,3-14H2,1-2H3,(H2,19,21,23). The molecule has 5 heteroatoms. The van der Waals surface area contributed by atoms with Crippen LogP contribution in [0.25, 0.3) is 0 Å². The lowest BCUT2D eigenvalue weighted by molar-refractivity contribution is 0.348. The van der Waals surface area contributed by atoms with Crippen molar-refractivity contribution in [3.63, 3.8) is 0 Å². The molecule has 5 nitrogen and oxygen atoms in total. The smallest absolute Gasteiger partial charge is 0.366 e. The summed E-state index contributed by atoms with van der Waals surface area (Å²) >= 11 is 0. The number of nitrogens with two attached hydrogens (primary N) is 1. The minimum Gasteiger partial charge on any atom is -0.382 e. The lowest BCUT2D eigenvalue weighted by atomic mass is 10.0. The molecule has 0 bridgehead atoms. The van der Waals surface area contributed by atoms with E-state index in [1.807, 2.05) is 0 Å². The maximum absolute atomic E-state index is 12.1. The van der Waals surface area contributed by atoms with Crippen molar-refractivity contribution in [1.29, 1.82) is 0 Å². The van der Waals surface area contributed by atoms with Crippen molar-refractivity contribution < 1.29 is 0 Å². The van der Waals surface area contributed by atoms with Crippen molar-refractivity contribution in [3.05, 3.63) is 16.7 Å². The zero-order chi connectivity index (χ0) is 16.9. The Hall–Kier alpha value is -1.39. The molecule has 0 fully saturated rings. The van der Waals surface area contributed by atoms with Gasteiger partial charge in [-0.3, -0.25) is 0 Å². The van der Waals surface area contributed by atoms with Crippen LogP contribution in [0.5, 0.6) is 0 Å². The second kappa shape index (κ2) is 12.1. The number of hydrogen-bond acceptors (Lipinski definition) is 4. The van der Waals surface area contributed by atoms with Crippen LogP contribution in [0.4, 0.5) is 5.82 Å². The van der Waals surface area contributed by atoms with Gasteiger partial charge >= 0.3 is 5.69 Å². The predicted molar refractivity (Wildman–Crippen MR) is 96.5 cm³/mol. The number of nitrogens with zero attached hydrogens (tertiary/aromatic N) is 3. The average Bonchev–Trinajstić information content (AvgIpc) is 2.53. The molecule has 2 N–H and O–H groups in total. The molecule has 1 aromatic heterocycles. The fourth-order valence-corrected chi connectivity index (χ4v) is 2.97. The van der Waals surface area contributed by atoms with Crippen molar-refractivity contribution in [3.8, 4) is 0 Å². The molecule has 1 aromatic rings. The van der Waals surface area contributed by atoms with E-state index >= 15 is 0 Å². The van der Waals surface area contributed by atoms with Crippen LogP contribution >= 0.6 is 0 Å². The summed E-state index contributed by atoms with van der Waals surface area (Å²) in [5.41, 5.74) is 5.24. The fraction of sp³-hybridized carbons (Fsp3) is 0.833. The summed E-state index contributed by atoms with van der Waals surface area (Å²) in [6.45, 7) is 4.45. The summed E-state index contributed by atoms with van der Waals surface area (Å²) in [6.07, 6.45) is 15.9. The molecule has 0 amide bonds. The van der Waals surface area contributed by atoms with Crippen LogP contribution in [0, 0.1) is 0 Å². The Morgan fingerprint density at radius 1 is 0.957 bits per heavy atom. The largest absolute Gasteiger partial charge is 0.382 e. The van der Waals surface area contributed by atoms with Gasteiger partial charge in [-0.1, -0.05) is 78.1 Å². The van der Waals surface area contributed by atoms with E-state index in [9.17, 15) is 4.79 Å². The first-order valence-corrected chi connectivity index (χ1v) is 9.40. The van der Waals surface area contributed by atoms with Gasteiger partial charge in [0, 0.05) is 0 Å². The Morgan fingerprint density at radius 2 is 1.48 bits per heavy atom. The lowest BCUT2D eigenvalue weighted by Gasteiger charge is -2.18. The van der Waals surface area contributed by atoms with Crippen LogP contribution in [0.1, 0.15) is 96.9 Å². The number of rotatable bonds is 13. The third-order valence-electron chi connectivity index (χ3n) is 4.36. The molecular weight excluding hydrogens is 288 g/mol. The third kappa shape index (κ3) is 8.14. The first-order chi connectivity index (χ1) is 11.2. The van der Waals surface area contributed by atoms with E-state index in [1.165, 1.54) is 57.6 Å². The summed E-state index contributed by atoms with van der Waals surface area (Å²) in [5.74, 6) is 0.205. The number of hydrogen-bond donors (Lipinski definition) is 1. The molecule has 0 aliphatic carbocycles. The van der Waals surface area contributed by atoms with E-state index in [2.05, 4.69) is 23.9 Å². The maximum Gasteiger partial charge on any atom is 0.366 e. The summed E-state index contributed by atoms with van der Waals surface area (Å²) in [7, 11) is 0. The van der Waals surface area contributed by atoms with Crippen molar-refractivity contribution in [2.75, 3.05) is 5.73 Å². The molecule has 0 spiro atoms. The van der Waals surface area contributed by atoms with Gasteiger partial charge in [0.1, 0.15) is 5.82 Å². The monoisotopic (exact) mass is 322 g/mol. The average molecular weight is 322 g/mol. The van der Waals surface area contributed by atoms with Crippen LogP contribution in [-0.2, 0) is 0 Å². The molecule has 1 heterocycles. The van der Waals surface area contributed by atoms with Crippen LogP contribution < -0.4 is 11.4 Å². The Morgan fingerprint density at radius 3 is 1.96 bits per heavy atom. The van der Waals surface area contributed by atoms with Gasteiger partial charge in [0.05, 0.1) is 12.2 Å². The number of nitrogen functional groups attached to an aromatic ring is 1. The highest BCUT2D eigenvalue weighted by Crippen LogP contribution is 2.21. The SMILES string of the molecule is CCCCCCCC(CCCCCCC)n1ncc(N)nc1=O. The van der Waals surface area contributed by atoms with Gasteiger partial charge < -0.3 is 5.73 Å². The van der Waals surface area contributed by atoms with Crippen LogP contribution in [0.3, 0.4) is 0 Å². The Bertz CT molecular complexity index is 458. The van der Waals surface area contributed by atoms with Gasteiger partial charge in [-0.25, -0.2) is 9.48 Å². The first-order valence-electron chi connectivity index (χ1n) is 9.40. The molecule has 132 valence electrons. The Kier molecular flexibility index (Phi) is 10.3. The van der Waals surface area contributed by atoms with Crippen LogP contribution in [-0.4, -0.2) is 14.8 Å². The zero-order valence-corrected chi connectivity index (χ0v) is 15.0. The van der Waals surface area contributed by atoms with E-state index in [0.717, 1.165) is 25.7 Å². The van der Waals surface area contributed by atoms with Gasteiger partial charge in [0.2, 0.25) is 0 Å². The highest BCUT2D eigenvalue weighted by molar-refractivity contribution is 5.19. The van der Waals surface area contributed by atoms with Gasteiger partial charge in [0.25, 0.3) is 0 Å². The number of unbranched alkanes of at least 4 members (excludes halogenated alkanes) is 8. The van der Waals surface area contributed by atoms with Crippen molar-refractivity contribution in [2.24, 2.45) is 0 Å². The molecule has 0 aliphatic rings. The molecule has 0 atom stereocenters. The summed E-state index contributed by atoms with van der Waals surface area (Å²) in [6, 6.07) is 0.166. The minimum atomic E-state index is -0.308. The lowest BCUT2D eigenvalue weighted by Crippen LogP contribution is -2.30. The van der Waals surface area contributed by atoms with E-state index in [0.29, 0.717) is 0 Å². The third-order valence-corrected chi connectivity index (χ3v) is 4.36. The summed E-state index contributed by atoms with van der Waals surface area (Å²) in [4.78, 5) is 15.9. The van der Waals surface area contributed by atoms with Gasteiger partial charge in [-0.2, -0.15) is 10.1 Å². The fourth-order valence-electron chi connectivity index (χ4n) is 2.97. The molecule has 0 radical (unpaired) electrons. The van der Waals surface area contributed by atoms with Gasteiger partial charge in [0.15, 0.2) is 0 Å². The van der Waals surface area contributed by atoms with Crippen LogP contribution in [0.15, 0.2) is 11.0 Å². The molecule has 0 unspecified atom stereocenters. The van der Waals surface area contributed by atoms with Crippen LogP contribution in [0.2, 0.25) is 0 Å². The van der Waals surface area contributed by atoms with Crippen molar-refractivity contribution in [2.45, 2.75) is 96.9 Å². The Labute approximate surface area is 140 Å². The van der Waals surface area contributed by atoms with E-state index in [-0.39, 0.29) is 17.5 Å². The first kappa shape index (κ1) is 19.7. The van der Waals surface area contributed by atoms with Gasteiger partial charge in [-0.05, 0) is 12.8 Å². The summed E-state index contributed by atoms with van der Waals surface area (Å²) in [5, 5.41) is 4.22. The minimum absolute atomic E-state index is 0.166.